The van der Waals surface area contributed by atoms with Crippen LogP contribution in [-0.2, 0) is 17.8 Å². The van der Waals surface area contributed by atoms with Crippen molar-refractivity contribution in [2.45, 2.75) is 19.9 Å². The smallest absolute Gasteiger partial charge is 0.228 e. The van der Waals surface area contributed by atoms with Gasteiger partial charge in [-0.15, -0.1) is 0 Å². The number of hydrogen-bond donors (Lipinski definition) is 2. The van der Waals surface area contributed by atoms with E-state index in [0.717, 1.165) is 28.5 Å². The summed E-state index contributed by atoms with van der Waals surface area (Å²) < 4.78 is 5.48. The van der Waals surface area contributed by atoms with Crippen molar-refractivity contribution in [3.63, 3.8) is 0 Å². The first kappa shape index (κ1) is 12.1. The van der Waals surface area contributed by atoms with Gasteiger partial charge in [0.15, 0.2) is 0 Å². The fraction of sp³-hybridized carbons (Fsp3) is 0.214. The van der Waals surface area contributed by atoms with Gasteiger partial charge in [-0.25, -0.2) is 0 Å². The van der Waals surface area contributed by atoms with Crippen LogP contribution >= 0.6 is 11.6 Å². The number of hydrogen-bond acceptors (Lipinski definition) is 3. The molecule has 0 unspecified atom stereocenters. The number of benzene rings is 1. The van der Waals surface area contributed by atoms with Crippen molar-refractivity contribution in [2.24, 2.45) is 0 Å². The Kier molecular flexibility index (Phi) is 2.95. The number of nitrogens with one attached hydrogen (secondary N) is 2. The van der Waals surface area contributed by atoms with E-state index in [-0.39, 0.29) is 5.91 Å². The Morgan fingerprint density at radius 1 is 1.42 bits per heavy atom. The highest BCUT2D eigenvalue weighted by Crippen LogP contribution is 2.33. The van der Waals surface area contributed by atoms with E-state index in [4.69, 9.17) is 16.0 Å². The predicted molar refractivity (Wildman–Crippen MR) is 74.6 cm³/mol. The lowest BCUT2D eigenvalue weighted by Crippen LogP contribution is -2.03. The van der Waals surface area contributed by atoms with Gasteiger partial charge in [0, 0.05) is 5.69 Å². The average molecular weight is 277 g/mol. The standard InChI is InChI=1S/C14H13ClN2O2/c1-8-2-3-10(19-8)7-16-13-4-9-5-14(18)17-12(9)6-11(13)15/h2-4,6,16H,5,7H2,1H3,(H,17,18). The largest absolute Gasteiger partial charge is 0.465 e. The second kappa shape index (κ2) is 4.63. The molecule has 2 N–H and O–H groups in total. The van der Waals surface area contributed by atoms with E-state index in [1.54, 1.807) is 6.07 Å². The summed E-state index contributed by atoms with van der Waals surface area (Å²) in [6.07, 6.45) is 0.404. The van der Waals surface area contributed by atoms with Gasteiger partial charge >= 0.3 is 0 Å². The van der Waals surface area contributed by atoms with Crippen molar-refractivity contribution in [2.75, 3.05) is 10.6 Å². The van der Waals surface area contributed by atoms with Crippen LogP contribution in [0.4, 0.5) is 11.4 Å². The number of aryl methyl sites for hydroxylation is 1. The number of anilines is 2. The number of rotatable bonds is 3. The molecule has 0 atom stereocenters. The van der Waals surface area contributed by atoms with Crippen molar-refractivity contribution in [1.29, 1.82) is 0 Å². The third-order valence-corrected chi connectivity index (χ3v) is 3.38. The monoisotopic (exact) mass is 276 g/mol. The zero-order chi connectivity index (χ0) is 13.4. The SMILES string of the molecule is Cc1ccc(CNc2cc3c(cc2Cl)NC(=O)C3)o1. The van der Waals surface area contributed by atoms with Crippen molar-refractivity contribution in [1.82, 2.24) is 0 Å². The molecule has 1 aliphatic rings. The Hall–Kier alpha value is -1.94. The van der Waals surface area contributed by atoms with Gasteiger partial charge in [-0.3, -0.25) is 4.79 Å². The van der Waals surface area contributed by atoms with E-state index in [9.17, 15) is 4.79 Å². The lowest BCUT2D eigenvalue weighted by atomic mass is 10.1. The minimum Gasteiger partial charge on any atom is -0.465 e. The van der Waals surface area contributed by atoms with E-state index in [2.05, 4.69) is 10.6 Å². The minimum atomic E-state index is 0.00451. The zero-order valence-electron chi connectivity index (χ0n) is 10.4. The van der Waals surface area contributed by atoms with E-state index in [0.29, 0.717) is 18.0 Å². The Morgan fingerprint density at radius 2 is 2.26 bits per heavy atom. The molecule has 0 radical (unpaired) electrons. The summed E-state index contributed by atoms with van der Waals surface area (Å²) in [5, 5.41) is 6.58. The maximum atomic E-state index is 11.3. The molecule has 19 heavy (non-hydrogen) atoms. The molecule has 2 aromatic rings. The van der Waals surface area contributed by atoms with E-state index in [1.807, 2.05) is 25.1 Å². The Morgan fingerprint density at radius 3 is 3.00 bits per heavy atom. The number of carbonyl (C=O) groups is 1. The van der Waals surface area contributed by atoms with Gasteiger partial charge < -0.3 is 15.1 Å². The number of fused-ring (bicyclic) bond motifs is 1. The van der Waals surface area contributed by atoms with E-state index < -0.39 is 0 Å². The van der Waals surface area contributed by atoms with Crippen LogP contribution in [0.2, 0.25) is 5.02 Å². The summed E-state index contributed by atoms with van der Waals surface area (Å²) >= 11 is 6.18. The average Bonchev–Trinajstić information content (AvgIpc) is 2.91. The van der Waals surface area contributed by atoms with Crippen LogP contribution in [0.15, 0.2) is 28.7 Å². The third kappa shape index (κ3) is 2.44. The number of halogens is 1. The molecule has 1 amide bonds. The highest BCUT2D eigenvalue weighted by atomic mass is 35.5. The normalized spacial score (nSPS) is 13.3. The fourth-order valence-corrected chi connectivity index (χ4v) is 2.38. The molecule has 0 fully saturated rings. The maximum absolute atomic E-state index is 11.3. The van der Waals surface area contributed by atoms with Crippen molar-refractivity contribution >= 4 is 28.9 Å². The molecule has 1 aromatic carbocycles. The summed E-state index contributed by atoms with van der Waals surface area (Å²) in [7, 11) is 0. The van der Waals surface area contributed by atoms with Crippen LogP contribution < -0.4 is 10.6 Å². The Labute approximate surface area is 115 Å². The summed E-state index contributed by atoms with van der Waals surface area (Å²) in [5.41, 5.74) is 2.58. The van der Waals surface area contributed by atoms with Gasteiger partial charge in [0.05, 0.1) is 23.7 Å². The number of carbonyl (C=O) groups excluding carboxylic acids is 1. The summed E-state index contributed by atoms with van der Waals surface area (Å²) in [4.78, 5) is 11.3. The van der Waals surface area contributed by atoms with E-state index in [1.165, 1.54) is 0 Å². The highest BCUT2D eigenvalue weighted by molar-refractivity contribution is 6.33. The topological polar surface area (TPSA) is 54.3 Å². The molecule has 0 saturated carbocycles. The molecule has 0 saturated heterocycles. The molecule has 3 rings (SSSR count). The van der Waals surface area contributed by atoms with Crippen LogP contribution in [0, 0.1) is 6.92 Å². The van der Waals surface area contributed by atoms with Crippen LogP contribution in [0.25, 0.3) is 0 Å². The summed E-state index contributed by atoms with van der Waals surface area (Å²) in [5.74, 6) is 1.74. The molecular formula is C14H13ClN2O2. The quantitative estimate of drug-likeness (QED) is 0.904. The first-order chi connectivity index (χ1) is 9.11. The van der Waals surface area contributed by atoms with Crippen LogP contribution in [-0.4, -0.2) is 5.91 Å². The van der Waals surface area contributed by atoms with Crippen LogP contribution in [0.1, 0.15) is 17.1 Å². The van der Waals surface area contributed by atoms with E-state index >= 15 is 0 Å². The first-order valence-electron chi connectivity index (χ1n) is 6.03. The third-order valence-electron chi connectivity index (χ3n) is 3.07. The molecule has 1 aliphatic heterocycles. The second-order valence-electron chi connectivity index (χ2n) is 4.58. The molecular weight excluding hydrogens is 264 g/mol. The van der Waals surface area contributed by atoms with Gasteiger partial charge in [-0.2, -0.15) is 0 Å². The predicted octanol–water partition coefficient (Wildman–Crippen LogP) is 3.35. The van der Waals surface area contributed by atoms with Gasteiger partial charge in [0.25, 0.3) is 0 Å². The molecule has 98 valence electrons. The zero-order valence-corrected chi connectivity index (χ0v) is 11.2. The fourth-order valence-electron chi connectivity index (χ4n) is 2.15. The summed E-state index contributed by atoms with van der Waals surface area (Å²) in [6, 6.07) is 7.53. The van der Waals surface area contributed by atoms with Gasteiger partial charge in [-0.1, -0.05) is 11.6 Å². The molecule has 5 heteroatoms. The Balaban J connectivity index is 1.78. The van der Waals surface area contributed by atoms with Gasteiger partial charge in [0.2, 0.25) is 5.91 Å². The minimum absolute atomic E-state index is 0.00451. The highest BCUT2D eigenvalue weighted by Gasteiger charge is 2.19. The second-order valence-corrected chi connectivity index (χ2v) is 4.99. The molecule has 2 heterocycles. The molecule has 0 bridgehead atoms. The van der Waals surface area contributed by atoms with Gasteiger partial charge in [0.1, 0.15) is 11.5 Å². The molecule has 1 aromatic heterocycles. The Bertz CT molecular complexity index is 649. The lowest BCUT2D eigenvalue weighted by Gasteiger charge is -2.09. The lowest BCUT2D eigenvalue weighted by molar-refractivity contribution is -0.115. The molecule has 4 nitrogen and oxygen atoms in total. The van der Waals surface area contributed by atoms with Crippen molar-refractivity contribution in [3.8, 4) is 0 Å². The van der Waals surface area contributed by atoms with Crippen molar-refractivity contribution < 1.29 is 9.21 Å². The van der Waals surface area contributed by atoms with Crippen LogP contribution in [0.3, 0.4) is 0 Å². The summed E-state index contributed by atoms with van der Waals surface area (Å²) in [6.45, 7) is 2.47. The molecule has 0 aliphatic carbocycles. The van der Waals surface area contributed by atoms with Crippen molar-refractivity contribution in [3.05, 3.63) is 46.4 Å². The van der Waals surface area contributed by atoms with Crippen LogP contribution in [0.5, 0.6) is 0 Å². The maximum Gasteiger partial charge on any atom is 0.228 e. The molecule has 0 spiro atoms. The first-order valence-corrected chi connectivity index (χ1v) is 6.41. The van der Waals surface area contributed by atoms with Gasteiger partial charge in [-0.05, 0) is 36.8 Å². The number of furan rings is 1. The number of amides is 1.